The number of alkyl halides is 6. The van der Waals surface area contributed by atoms with E-state index in [1.54, 1.807) is 29.7 Å². The molecule has 1 unspecified atom stereocenters. The molecular formula is C27H27F6N7O2. The first-order valence-corrected chi connectivity index (χ1v) is 13.0. The smallest absolute Gasteiger partial charge is 0.349 e. The Labute approximate surface area is 236 Å². The van der Waals surface area contributed by atoms with Crippen LogP contribution < -0.4 is 15.9 Å². The van der Waals surface area contributed by atoms with Crippen molar-refractivity contribution in [2.75, 3.05) is 24.5 Å². The molecule has 0 spiro atoms. The van der Waals surface area contributed by atoms with E-state index >= 15 is 0 Å². The van der Waals surface area contributed by atoms with Crippen LogP contribution >= 0.6 is 0 Å². The van der Waals surface area contributed by atoms with Gasteiger partial charge in [0.15, 0.2) is 5.82 Å². The predicted octanol–water partition coefficient (Wildman–Crippen LogP) is 3.93. The third-order valence-corrected chi connectivity index (χ3v) is 7.27. The first-order valence-electron chi connectivity index (χ1n) is 13.0. The summed E-state index contributed by atoms with van der Waals surface area (Å²) in [5.41, 5.74) is -0.598. The van der Waals surface area contributed by atoms with Crippen LogP contribution in [0.2, 0.25) is 0 Å². The van der Waals surface area contributed by atoms with E-state index in [0.29, 0.717) is 17.5 Å². The summed E-state index contributed by atoms with van der Waals surface area (Å²) in [4.78, 5) is 38.0. The maximum absolute atomic E-state index is 13.2. The summed E-state index contributed by atoms with van der Waals surface area (Å²) in [7, 11) is 1.51. The third kappa shape index (κ3) is 6.33. The first kappa shape index (κ1) is 30.8. The second-order valence-corrected chi connectivity index (χ2v) is 10.1. The minimum absolute atomic E-state index is 0.0833. The van der Waals surface area contributed by atoms with E-state index in [-0.39, 0.29) is 30.2 Å². The Hall–Kier alpha value is -4.19. The normalized spacial score (nSPS) is 19.0. The summed E-state index contributed by atoms with van der Waals surface area (Å²) in [5.74, 6) is -0.799. The molecule has 3 heterocycles. The van der Waals surface area contributed by atoms with Crippen molar-refractivity contribution in [1.82, 2.24) is 24.8 Å². The van der Waals surface area contributed by atoms with Gasteiger partial charge in [0.1, 0.15) is 29.9 Å². The second kappa shape index (κ2) is 11.6. The number of nitrogens with one attached hydrogen (secondary N) is 1. The lowest BCUT2D eigenvalue weighted by atomic mass is 9.96. The van der Waals surface area contributed by atoms with Crippen molar-refractivity contribution in [2.45, 2.75) is 50.7 Å². The molecule has 224 valence electrons. The Morgan fingerprint density at radius 3 is 2.33 bits per heavy atom. The quantitative estimate of drug-likeness (QED) is 0.431. The number of aromatic nitrogens is 3. The van der Waals surface area contributed by atoms with Crippen LogP contribution in [-0.2, 0) is 18.0 Å². The zero-order valence-electron chi connectivity index (χ0n) is 22.8. The zero-order valence-corrected chi connectivity index (χ0v) is 22.8. The standard InChI is InChI=1S/C27H27F6N7O2/c1-4-19-13-39(23-21-20(38(3)25(42)37-23)10-9-18(11-34)36-21)15(2)12-40(19)22(24(41)35-14-26(28,29)30)16-5-7-17(8-6-16)27(31,32)33/h5-10,15,19,22H,4,12-14H2,1-3H3,(H,35,41)/t15-,19+,22?/m0/s1. The van der Waals surface area contributed by atoms with Gasteiger partial charge in [-0.3, -0.25) is 14.3 Å². The fraction of sp³-hybridized carbons (Fsp3) is 0.444. The number of aryl methyl sites for hydroxylation is 1. The van der Waals surface area contributed by atoms with Gasteiger partial charge < -0.3 is 10.2 Å². The van der Waals surface area contributed by atoms with Crippen molar-refractivity contribution in [3.63, 3.8) is 0 Å². The van der Waals surface area contributed by atoms with Gasteiger partial charge in [-0.1, -0.05) is 19.1 Å². The molecule has 2 aromatic heterocycles. The maximum atomic E-state index is 13.2. The fourth-order valence-corrected chi connectivity index (χ4v) is 5.14. The highest BCUT2D eigenvalue weighted by molar-refractivity contribution is 5.87. The number of amides is 1. The molecule has 1 amide bonds. The van der Waals surface area contributed by atoms with Gasteiger partial charge in [0.05, 0.1) is 11.1 Å². The number of carbonyl (C=O) groups is 1. The van der Waals surface area contributed by atoms with Crippen LogP contribution in [-0.4, -0.2) is 63.2 Å². The molecule has 1 fully saturated rings. The molecule has 1 aliphatic rings. The molecule has 0 radical (unpaired) electrons. The van der Waals surface area contributed by atoms with E-state index in [9.17, 15) is 41.2 Å². The number of fused-ring (bicyclic) bond motifs is 1. The molecule has 1 saturated heterocycles. The lowest BCUT2D eigenvalue weighted by Gasteiger charge is -2.48. The van der Waals surface area contributed by atoms with E-state index in [0.717, 1.165) is 24.3 Å². The zero-order chi connectivity index (χ0) is 31.0. The van der Waals surface area contributed by atoms with Crippen LogP contribution in [0.5, 0.6) is 0 Å². The van der Waals surface area contributed by atoms with E-state index in [4.69, 9.17) is 0 Å². The van der Waals surface area contributed by atoms with Crippen molar-refractivity contribution in [3.8, 4) is 6.07 Å². The topological polar surface area (TPSA) is 107 Å². The number of nitriles is 1. The number of benzene rings is 1. The number of halogens is 6. The largest absolute Gasteiger partial charge is 0.416 e. The highest BCUT2D eigenvalue weighted by Crippen LogP contribution is 2.35. The Morgan fingerprint density at radius 1 is 1.10 bits per heavy atom. The molecule has 4 rings (SSSR count). The number of piperazine rings is 1. The van der Waals surface area contributed by atoms with Crippen molar-refractivity contribution in [3.05, 3.63) is 63.7 Å². The monoisotopic (exact) mass is 595 g/mol. The van der Waals surface area contributed by atoms with Gasteiger partial charge in [-0.25, -0.2) is 9.78 Å². The number of nitrogens with zero attached hydrogens (tertiary/aromatic N) is 6. The second-order valence-electron chi connectivity index (χ2n) is 10.1. The highest BCUT2D eigenvalue weighted by atomic mass is 19.4. The number of hydrogen-bond acceptors (Lipinski definition) is 7. The molecule has 42 heavy (non-hydrogen) atoms. The minimum Gasteiger partial charge on any atom is -0.349 e. The Bertz CT molecular complexity index is 1560. The van der Waals surface area contributed by atoms with Crippen LogP contribution in [0, 0.1) is 11.3 Å². The maximum Gasteiger partial charge on any atom is 0.416 e. The van der Waals surface area contributed by atoms with Gasteiger partial charge in [-0.15, -0.1) is 0 Å². The summed E-state index contributed by atoms with van der Waals surface area (Å²) in [5, 5.41) is 11.3. The Kier molecular flexibility index (Phi) is 8.49. The number of pyridine rings is 1. The van der Waals surface area contributed by atoms with Crippen LogP contribution in [0.25, 0.3) is 11.0 Å². The summed E-state index contributed by atoms with van der Waals surface area (Å²) in [6.07, 6.45) is -8.94. The van der Waals surface area contributed by atoms with E-state index in [1.807, 2.05) is 11.4 Å². The summed E-state index contributed by atoms with van der Waals surface area (Å²) in [6, 6.07) is 6.45. The molecule has 1 N–H and O–H groups in total. The van der Waals surface area contributed by atoms with E-state index in [2.05, 4.69) is 9.97 Å². The lowest BCUT2D eigenvalue weighted by molar-refractivity contribution is -0.142. The molecule has 0 bridgehead atoms. The number of hydrogen-bond donors (Lipinski definition) is 1. The number of carbonyl (C=O) groups excluding carboxylic acids is 1. The average molecular weight is 596 g/mol. The van der Waals surface area contributed by atoms with E-state index < -0.39 is 54.2 Å². The molecule has 1 aromatic carbocycles. The average Bonchev–Trinajstić information content (AvgIpc) is 2.93. The van der Waals surface area contributed by atoms with Gasteiger partial charge in [-0.2, -0.15) is 36.6 Å². The molecule has 9 nitrogen and oxygen atoms in total. The van der Waals surface area contributed by atoms with Crippen molar-refractivity contribution >= 4 is 22.8 Å². The van der Waals surface area contributed by atoms with Gasteiger partial charge in [0.2, 0.25) is 5.91 Å². The van der Waals surface area contributed by atoms with Gasteiger partial charge in [0, 0.05) is 32.2 Å². The fourth-order valence-electron chi connectivity index (χ4n) is 5.14. The Balaban J connectivity index is 1.75. The SMILES string of the molecule is CC[C@@H]1CN(c2nc(=O)n(C)c3ccc(C#N)nc23)[C@@H](C)CN1C(C(=O)NCC(F)(F)F)c1ccc(C(F)(F)F)cc1. The van der Waals surface area contributed by atoms with Gasteiger partial charge >= 0.3 is 18.0 Å². The van der Waals surface area contributed by atoms with Crippen LogP contribution in [0.4, 0.5) is 32.2 Å². The molecule has 3 aromatic rings. The summed E-state index contributed by atoms with van der Waals surface area (Å²) in [6.45, 7) is 2.20. The predicted molar refractivity (Wildman–Crippen MR) is 140 cm³/mol. The molecule has 3 atom stereocenters. The number of rotatable bonds is 6. The van der Waals surface area contributed by atoms with Crippen molar-refractivity contribution in [2.24, 2.45) is 7.05 Å². The van der Waals surface area contributed by atoms with Crippen molar-refractivity contribution in [1.29, 1.82) is 5.26 Å². The molecular weight excluding hydrogens is 568 g/mol. The van der Waals surface area contributed by atoms with Gasteiger partial charge in [0.25, 0.3) is 0 Å². The summed E-state index contributed by atoms with van der Waals surface area (Å²) >= 11 is 0. The highest BCUT2D eigenvalue weighted by Gasteiger charge is 2.41. The first-order chi connectivity index (χ1) is 19.6. The van der Waals surface area contributed by atoms with Crippen molar-refractivity contribution < 1.29 is 31.1 Å². The molecule has 1 aliphatic heterocycles. The lowest BCUT2D eigenvalue weighted by Crippen LogP contribution is -2.60. The summed E-state index contributed by atoms with van der Waals surface area (Å²) < 4.78 is 79.8. The van der Waals surface area contributed by atoms with Crippen LogP contribution in [0.3, 0.4) is 0 Å². The minimum atomic E-state index is -4.70. The van der Waals surface area contributed by atoms with Crippen LogP contribution in [0.1, 0.15) is 43.1 Å². The van der Waals surface area contributed by atoms with E-state index in [1.165, 1.54) is 17.7 Å². The molecule has 0 saturated carbocycles. The number of anilines is 1. The van der Waals surface area contributed by atoms with Gasteiger partial charge in [-0.05, 0) is 43.2 Å². The third-order valence-electron chi connectivity index (χ3n) is 7.27. The van der Waals surface area contributed by atoms with Crippen LogP contribution in [0.15, 0.2) is 41.2 Å². The molecule has 15 heteroatoms. The molecule has 0 aliphatic carbocycles. The Morgan fingerprint density at radius 2 is 1.76 bits per heavy atom.